The van der Waals surface area contributed by atoms with Gasteiger partial charge in [-0.05, 0) is 18.2 Å². The topological polar surface area (TPSA) is 135 Å². The molecule has 1 atom stereocenters. The molecule has 2 aromatic carbocycles. The monoisotopic (exact) mass is 417 g/mol. The van der Waals surface area contributed by atoms with Crippen molar-refractivity contribution in [1.29, 1.82) is 0 Å². The van der Waals surface area contributed by atoms with Crippen LogP contribution in [0.15, 0.2) is 54.6 Å². The lowest BCUT2D eigenvalue weighted by Crippen LogP contribution is -2.47. The van der Waals surface area contributed by atoms with Gasteiger partial charge in [0.25, 0.3) is 5.91 Å². The average molecular weight is 417 g/mol. The number of nitrogens with two attached hydrogens (primary N) is 1. The molecule has 10 nitrogen and oxygen atoms in total. The minimum Gasteiger partial charge on any atom is -0.493 e. The smallest absolute Gasteiger partial charge is 0.325 e. The Labute approximate surface area is 177 Å². The fourth-order valence-corrected chi connectivity index (χ4v) is 3.87. The third-order valence-corrected chi connectivity index (χ3v) is 5.29. The Morgan fingerprint density at radius 3 is 2.68 bits per heavy atom. The highest BCUT2D eigenvalue weighted by atomic mass is 16.5. The van der Waals surface area contributed by atoms with Gasteiger partial charge in [-0.3, -0.25) is 9.69 Å². The van der Waals surface area contributed by atoms with Gasteiger partial charge in [0.05, 0.1) is 13.2 Å². The highest BCUT2D eigenvalue weighted by Gasteiger charge is 2.54. The first-order valence-electron chi connectivity index (χ1n) is 9.74. The molecule has 4 N–H and O–H groups in total. The van der Waals surface area contributed by atoms with Crippen LogP contribution in [0.2, 0.25) is 0 Å². The van der Waals surface area contributed by atoms with Crippen molar-refractivity contribution in [2.45, 2.75) is 18.5 Å². The predicted molar refractivity (Wildman–Crippen MR) is 111 cm³/mol. The summed E-state index contributed by atoms with van der Waals surface area (Å²) in [6.07, 6.45) is 0.339. The van der Waals surface area contributed by atoms with Crippen LogP contribution < -0.4 is 21.1 Å². The van der Waals surface area contributed by atoms with Crippen LogP contribution in [0.4, 0.5) is 22.4 Å². The Balaban J connectivity index is 1.42. The third-order valence-electron chi connectivity index (χ3n) is 5.29. The van der Waals surface area contributed by atoms with Crippen molar-refractivity contribution < 1.29 is 14.3 Å². The van der Waals surface area contributed by atoms with Gasteiger partial charge in [-0.25, -0.2) is 4.79 Å². The summed E-state index contributed by atoms with van der Waals surface area (Å²) in [5, 5.41) is 5.89. The summed E-state index contributed by atoms with van der Waals surface area (Å²) >= 11 is 0. The minimum atomic E-state index is -1.16. The number of aromatic nitrogens is 3. The standard InChI is InChI=1S/C21H19N7O3/c22-18-24-16(25-19(26-18)23-13-6-2-1-3-7-13)12-28-17(29)21(27-20(28)30)10-11-31-15-9-5-4-8-14(15)21/h1-9H,10-12H2,(H,27,30)(H3,22,23,24,25,26). The number of ether oxygens (including phenoxy) is 1. The highest BCUT2D eigenvalue weighted by Crippen LogP contribution is 2.41. The second-order valence-corrected chi connectivity index (χ2v) is 7.25. The molecule has 3 heterocycles. The maximum Gasteiger partial charge on any atom is 0.325 e. The van der Waals surface area contributed by atoms with E-state index in [1.165, 1.54) is 0 Å². The molecular formula is C21H19N7O3. The molecule has 1 spiro atoms. The van der Waals surface area contributed by atoms with Crippen molar-refractivity contribution in [2.75, 3.05) is 17.7 Å². The van der Waals surface area contributed by atoms with E-state index in [0.717, 1.165) is 10.6 Å². The second kappa shape index (κ2) is 7.24. The maximum atomic E-state index is 13.4. The number of nitrogens with zero attached hydrogens (tertiary/aromatic N) is 4. The lowest BCUT2D eigenvalue weighted by molar-refractivity contribution is -0.133. The van der Waals surface area contributed by atoms with Crippen LogP contribution in [0.5, 0.6) is 5.75 Å². The number of fused-ring (bicyclic) bond motifs is 2. The van der Waals surface area contributed by atoms with E-state index in [9.17, 15) is 9.59 Å². The lowest BCUT2D eigenvalue weighted by atomic mass is 9.84. The summed E-state index contributed by atoms with van der Waals surface area (Å²) in [6, 6.07) is 16.0. The molecule has 156 valence electrons. The second-order valence-electron chi connectivity index (χ2n) is 7.25. The summed E-state index contributed by atoms with van der Waals surface area (Å²) in [5.74, 6) is 0.633. The molecule has 0 radical (unpaired) electrons. The molecule has 1 aromatic heterocycles. The summed E-state index contributed by atoms with van der Waals surface area (Å²) in [4.78, 5) is 39.8. The Kier molecular flexibility index (Phi) is 4.39. The molecular weight excluding hydrogens is 398 g/mol. The van der Waals surface area contributed by atoms with E-state index >= 15 is 0 Å². The molecule has 1 unspecified atom stereocenters. The number of urea groups is 1. The Hall–Kier alpha value is -4.21. The molecule has 2 aliphatic heterocycles. The number of imide groups is 1. The molecule has 31 heavy (non-hydrogen) atoms. The van der Waals surface area contributed by atoms with Crippen molar-refractivity contribution in [3.05, 3.63) is 66.0 Å². The number of para-hydroxylation sites is 2. The first kappa shape index (κ1) is 18.8. The van der Waals surface area contributed by atoms with Crippen molar-refractivity contribution in [1.82, 2.24) is 25.2 Å². The van der Waals surface area contributed by atoms with Crippen LogP contribution in [0, 0.1) is 0 Å². The van der Waals surface area contributed by atoms with Gasteiger partial charge in [0.1, 0.15) is 5.75 Å². The molecule has 1 saturated heterocycles. The Bertz CT molecular complexity index is 1170. The van der Waals surface area contributed by atoms with Crippen molar-refractivity contribution in [3.8, 4) is 5.75 Å². The van der Waals surface area contributed by atoms with Crippen molar-refractivity contribution in [3.63, 3.8) is 0 Å². The molecule has 5 rings (SSSR count). The molecule has 3 amide bonds. The predicted octanol–water partition coefficient (Wildman–Crippen LogP) is 1.93. The van der Waals surface area contributed by atoms with Crippen LogP contribution >= 0.6 is 0 Å². The zero-order valence-corrected chi connectivity index (χ0v) is 16.4. The van der Waals surface area contributed by atoms with Gasteiger partial charge < -0.3 is 21.1 Å². The SMILES string of the molecule is Nc1nc(CN2C(=O)NC3(CCOc4ccccc43)C2=O)nc(Nc2ccccc2)n1. The number of nitrogens with one attached hydrogen (secondary N) is 2. The van der Waals surface area contributed by atoms with Crippen LogP contribution in [-0.2, 0) is 16.9 Å². The number of hydrogen-bond donors (Lipinski definition) is 3. The fraction of sp³-hybridized carbons (Fsp3) is 0.190. The number of benzene rings is 2. The van der Waals surface area contributed by atoms with E-state index in [0.29, 0.717) is 24.3 Å². The van der Waals surface area contributed by atoms with E-state index in [2.05, 4.69) is 25.6 Å². The van der Waals surface area contributed by atoms with Crippen LogP contribution in [-0.4, -0.2) is 38.4 Å². The van der Waals surface area contributed by atoms with Gasteiger partial charge in [0.15, 0.2) is 11.4 Å². The van der Waals surface area contributed by atoms with E-state index in [-0.39, 0.29) is 30.2 Å². The summed E-state index contributed by atoms with van der Waals surface area (Å²) in [6.45, 7) is 0.187. The van der Waals surface area contributed by atoms with E-state index in [1.807, 2.05) is 42.5 Å². The molecule has 0 saturated carbocycles. The normalized spacial score (nSPS) is 19.7. The van der Waals surface area contributed by atoms with Crippen LogP contribution in [0.1, 0.15) is 17.8 Å². The quantitative estimate of drug-likeness (QED) is 0.548. The average Bonchev–Trinajstić information content (AvgIpc) is 2.99. The minimum absolute atomic E-state index is 0.0124. The Morgan fingerprint density at radius 2 is 1.84 bits per heavy atom. The lowest BCUT2D eigenvalue weighted by Gasteiger charge is -2.33. The van der Waals surface area contributed by atoms with Crippen molar-refractivity contribution >= 4 is 29.5 Å². The van der Waals surface area contributed by atoms with Crippen molar-refractivity contribution in [2.24, 2.45) is 0 Å². The van der Waals surface area contributed by atoms with Crippen LogP contribution in [0.3, 0.4) is 0 Å². The number of nitrogen functional groups attached to an aromatic ring is 1. The molecule has 0 aliphatic carbocycles. The number of carbonyl (C=O) groups is 2. The number of rotatable bonds is 4. The highest BCUT2D eigenvalue weighted by molar-refractivity contribution is 6.07. The molecule has 1 fully saturated rings. The number of hydrogen-bond acceptors (Lipinski definition) is 8. The third kappa shape index (κ3) is 3.27. The van der Waals surface area contributed by atoms with Gasteiger partial charge in [-0.15, -0.1) is 0 Å². The van der Waals surface area contributed by atoms with E-state index in [4.69, 9.17) is 10.5 Å². The van der Waals surface area contributed by atoms with Gasteiger partial charge in [0, 0.05) is 17.7 Å². The summed E-state index contributed by atoms with van der Waals surface area (Å²) < 4.78 is 5.66. The van der Waals surface area contributed by atoms with Gasteiger partial charge in [-0.1, -0.05) is 36.4 Å². The van der Waals surface area contributed by atoms with Gasteiger partial charge in [-0.2, -0.15) is 15.0 Å². The zero-order chi connectivity index (χ0) is 21.4. The largest absolute Gasteiger partial charge is 0.493 e. The van der Waals surface area contributed by atoms with Crippen LogP contribution in [0.25, 0.3) is 0 Å². The number of amides is 3. The first-order valence-corrected chi connectivity index (χ1v) is 9.74. The zero-order valence-electron chi connectivity index (χ0n) is 16.4. The maximum absolute atomic E-state index is 13.4. The van der Waals surface area contributed by atoms with Gasteiger partial charge in [0.2, 0.25) is 11.9 Å². The molecule has 2 aliphatic rings. The Morgan fingerprint density at radius 1 is 1.06 bits per heavy atom. The van der Waals surface area contributed by atoms with Gasteiger partial charge >= 0.3 is 6.03 Å². The summed E-state index contributed by atoms with van der Waals surface area (Å²) in [5.41, 5.74) is 6.09. The molecule has 3 aromatic rings. The molecule has 0 bridgehead atoms. The number of anilines is 3. The number of carbonyl (C=O) groups excluding carboxylic acids is 2. The summed E-state index contributed by atoms with van der Waals surface area (Å²) in [7, 11) is 0. The molecule has 10 heteroatoms. The van der Waals surface area contributed by atoms with E-state index < -0.39 is 11.6 Å². The first-order chi connectivity index (χ1) is 15.0. The van der Waals surface area contributed by atoms with E-state index in [1.54, 1.807) is 12.1 Å². The fourth-order valence-electron chi connectivity index (χ4n) is 3.87.